The minimum absolute atomic E-state index is 0.00865. The number of fused-ring (bicyclic) bond motifs is 1. The van der Waals surface area contributed by atoms with E-state index in [9.17, 15) is 4.79 Å². The summed E-state index contributed by atoms with van der Waals surface area (Å²) in [6.45, 7) is 2.61. The number of carbonyl (C=O) groups excluding carboxylic acids is 1. The van der Waals surface area contributed by atoms with Crippen LogP contribution in [0, 0.1) is 0 Å². The second-order valence-electron chi connectivity index (χ2n) is 10.8. The lowest BCUT2D eigenvalue weighted by Gasteiger charge is -2.31. The van der Waals surface area contributed by atoms with Gasteiger partial charge in [0.15, 0.2) is 0 Å². The molecule has 1 amide bonds. The molecule has 0 atom stereocenters. The van der Waals surface area contributed by atoms with Crippen molar-refractivity contribution < 1.29 is 9.53 Å². The van der Waals surface area contributed by atoms with Crippen molar-refractivity contribution in [3.05, 3.63) is 89.0 Å². The molecule has 1 N–H and O–H groups in total. The lowest BCUT2D eigenvalue weighted by Crippen LogP contribution is -2.36. The summed E-state index contributed by atoms with van der Waals surface area (Å²) < 4.78 is 5.49. The molecule has 0 spiro atoms. The average Bonchev–Trinajstić information content (AvgIpc) is 3.17. The van der Waals surface area contributed by atoms with Crippen molar-refractivity contribution in [2.75, 3.05) is 44.6 Å². The minimum atomic E-state index is -0.00865. The number of hydrogen-bond donors (Lipinski definition) is 1. The smallest absolute Gasteiger partial charge is 0.251 e. The Kier molecular flexibility index (Phi) is 8.26. The van der Waals surface area contributed by atoms with E-state index in [1.807, 2.05) is 12.1 Å². The molecule has 3 aromatic carbocycles. The second-order valence-corrected chi connectivity index (χ2v) is 10.8. The molecule has 2 aliphatic rings. The van der Waals surface area contributed by atoms with Gasteiger partial charge in [0, 0.05) is 56.8 Å². The molecule has 0 aromatic heterocycles. The molecule has 0 saturated carbocycles. The van der Waals surface area contributed by atoms with Gasteiger partial charge in [-0.3, -0.25) is 9.69 Å². The number of carbonyl (C=O) groups is 1. The van der Waals surface area contributed by atoms with Gasteiger partial charge in [-0.2, -0.15) is 0 Å². The summed E-state index contributed by atoms with van der Waals surface area (Å²) in [5.41, 5.74) is 8.93. The first-order chi connectivity index (χ1) is 18.5. The lowest BCUT2D eigenvalue weighted by atomic mass is 9.97. The molecule has 0 unspecified atom stereocenters. The van der Waals surface area contributed by atoms with Crippen molar-refractivity contribution >= 4 is 23.4 Å². The minimum Gasteiger partial charge on any atom is -0.381 e. The summed E-state index contributed by atoms with van der Waals surface area (Å²) in [5, 5.41) is 3.14. The zero-order valence-corrected chi connectivity index (χ0v) is 22.9. The Morgan fingerprint density at radius 3 is 2.32 bits per heavy atom. The fourth-order valence-electron chi connectivity index (χ4n) is 5.44. The van der Waals surface area contributed by atoms with E-state index >= 15 is 0 Å². The van der Waals surface area contributed by atoms with Crippen molar-refractivity contribution in [3.63, 3.8) is 0 Å². The Labute approximate surface area is 227 Å². The average molecular weight is 510 g/mol. The van der Waals surface area contributed by atoms with Gasteiger partial charge in [-0.15, -0.1) is 0 Å². The lowest BCUT2D eigenvalue weighted by molar-refractivity contribution is -0.112. The van der Waals surface area contributed by atoms with E-state index in [1.165, 1.54) is 27.9 Å². The molecular weight excluding hydrogens is 470 g/mol. The van der Waals surface area contributed by atoms with E-state index in [2.05, 4.69) is 96.9 Å². The molecular formula is C33H39N3O2. The normalized spacial score (nSPS) is 15.9. The molecule has 1 aliphatic carbocycles. The zero-order chi connectivity index (χ0) is 26.5. The maximum atomic E-state index is 13.3. The first kappa shape index (κ1) is 26.2. The van der Waals surface area contributed by atoms with Crippen molar-refractivity contribution in [3.8, 4) is 11.1 Å². The van der Waals surface area contributed by atoms with Crippen LogP contribution in [-0.4, -0.2) is 51.2 Å². The second kappa shape index (κ2) is 12.0. The first-order valence-electron chi connectivity index (χ1n) is 13.8. The van der Waals surface area contributed by atoms with E-state index in [4.69, 9.17) is 4.74 Å². The maximum Gasteiger partial charge on any atom is 0.251 e. The highest BCUT2D eigenvalue weighted by molar-refractivity contribution is 6.07. The number of aryl methyl sites for hydroxylation is 1. The van der Waals surface area contributed by atoms with Crippen molar-refractivity contribution in [1.29, 1.82) is 0 Å². The van der Waals surface area contributed by atoms with Crippen LogP contribution in [0.2, 0.25) is 0 Å². The zero-order valence-electron chi connectivity index (χ0n) is 22.9. The number of nitrogens with one attached hydrogen (secondary N) is 1. The number of ether oxygens (including phenoxy) is 1. The standard InChI is InChI=1S/C33H39N3O2/c1-35(2)31-15-11-26(12-16-31)27-10-9-25-5-4-6-28(22-29(25)21-27)33(37)34-30-13-7-24(8-14-30)23-36(3)32-17-19-38-20-18-32/h7-16,21-22,32H,4-6,17-20,23H2,1-3H3,(H,34,37). The fourth-order valence-corrected chi connectivity index (χ4v) is 5.44. The van der Waals surface area contributed by atoms with Crippen LogP contribution in [0.25, 0.3) is 17.2 Å². The number of benzene rings is 3. The van der Waals surface area contributed by atoms with Crippen LogP contribution >= 0.6 is 0 Å². The summed E-state index contributed by atoms with van der Waals surface area (Å²) in [6, 6.07) is 24.1. The number of hydrogen-bond acceptors (Lipinski definition) is 4. The van der Waals surface area contributed by atoms with Crippen LogP contribution < -0.4 is 10.2 Å². The quantitative estimate of drug-likeness (QED) is 0.401. The molecule has 1 fully saturated rings. The third-order valence-electron chi connectivity index (χ3n) is 7.83. The molecule has 0 radical (unpaired) electrons. The molecule has 198 valence electrons. The first-order valence-corrected chi connectivity index (χ1v) is 13.8. The van der Waals surface area contributed by atoms with Gasteiger partial charge in [0.25, 0.3) is 5.91 Å². The molecule has 5 rings (SSSR count). The summed E-state index contributed by atoms with van der Waals surface area (Å²) in [6.07, 6.45) is 7.01. The van der Waals surface area contributed by atoms with E-state index in [0.717, 1.165) is 68.7 Å². The van der Waals surface area contributed by atoms with E-state index < -0.39 is 0 Å². The fraction of sp³-hybridized carbons (Fsp3) is 0.364. The molecule has 0 bridgehead atoms. The molecule has 1 heterocycles. The van der Waals surface area contributed by atoms with Crippen LogP contribution in [0.15, 0.2) is 72.3 Å². The Balaban J connectivity index is 1.26. The molecule has 3 aromatic rings. The summed E-state index contributed by atoms with van der Waals surface area (Å²) in [4.78, 5) is 17.8. The molecule has 5 heteroatoms. The van der Waals surface area contributed by atoms with Gasteiger partial charge in [-0.05, 0) is 103 Å². The molecule has 5 nitrogen and oxygen atoms in total. The molecule has 1 aliphatic heterocycles. The van der Waals surface area contributed by atoms with Crippen molar-refractivity contribution in [1.82, 2.24) is 4.90 Å². The highest BCUT2D eigenvalue weighted by atomic mass is 16.5. The Bertz CT molecular complexity index is 1270. The summed E-state index contributed by atoms with van der Waals surface area (Å²) >= 11 is 0. The van der Waals surface area contributed by atoms with Crippen LogP contribution in [-0.2, 0) is 22.5 Å². The van der Waals surface area contributed by atoms with Crippen LogP contribution in [0.4, 0.5) is 11.4 Å². The molecule has 38 heavy (non-hydrogen) atoms. The Morgan fingerprint density at radius 1 is 0.895 bits per heavy atom. The highest BCUT2D eigenvalue weighted by Crippen LogP contribution is 2.30. The highest BCUT2D eigenvalue weighted by Gasteiger charge is 2.19. The molecule has 1 saturated heterocycles. The largest absolute Gasteiger partial charge is 0.381 e. The van der Waals surface area contributed by atoms with Gasteiger partial charge in [-0.25, -0.2) is 0 Å². The van der Waals surface area contributed by atoms with Crippen molar-refractivity contribution in [2.45, 2.75) is 44.7 Å². The summed E-state index contributed by atoms with van der Waals surface area (Å²) in [5.74, 6) is -0.00865. The van der Waals surface area contributed by atoms with Crippen molar-refractivity contribution in [2.24, 2.45) is 0 Å². The summed E-state index contributed by atoms with van der Waals surface area (Å²) in [7, 11) is 6.29. The van der Waals surface area contributed by atoms with Gasteiger partial charge in [-0.1, -0.05) is 36.4 Å². The van der Waals surface area contributed by atoms with E-state index in [0.29, 0.717) is 6.04 Å². The SMILES string of the molecule is CN(C)c1ccc(-c2ccc3c(c2)C=C(C(=O)Nc2ccc(CN(C)C4CCOCC4)cc2)CCC3)cc1. The number of amides is 1. The van der Waals surface area contributed by atoms with Gasteiger partial charge >= 0.3 is 0 Å². The third-order valence-corrected chi connectivity index (χ3v) is 7.83. The number of anilines is 2. The van der Waals surface area contributed by atoms with Crippen LogP contribution in [0.5, 0.6) is 0 Å². The van der Waals surface area contributed by atoms with Crippen LogP contribution in [0.3, 0.4) is 0 Å². The van der Waals surface area contributed by atoms with Crippen LogP contribution in [0.1, 0.15) is 42.4 Å². The van der Waals surface area contributed by atoms with E-state index in [-0.39, 0.29) is 5.91 Å². The topological polar surface area (TPSA) is 44.8 Å². The predicted octanol–water partition coefficient (Wildman–Crippen LogP) is 6.39. The Morgan fingerprint density at radius 2 is 1.61 bits per heavy atom. The van der Waals surface area contributed by atoms with Gasteiger partial charge < -0.3 is 15.0 Å². The van der Waals surface area contributed by atoms with Gasteiger partial charge in [0.05, 0.1) is 0 Å². The number of nitrogens with zero attached hydrogens (tertiary/aromatic N) is 2. The van der Waals surface area contributed by atoms with Gasteiger partial charge in [0.2, 0.25) is 0 Å². The Hall–Kier alpha value is -3.41. The monoisotopic (exact) mass is 509 g/mol. The maximum absolute atomic E-state index is 13.3. The number of rotatable bonds is 7. The predicted molar refractivity (Wildman–Crippen MR) is 157 cm³/mol. The third kappa shape index (κ3) is 6.35. The van der Waals surface area contributed by atoms with E-state index in [1.54, 1.807) is 0 Å². The van der Waals surface area contributed by atoms with Gasteiger partial charge in [0.1, 0.15) is 0 Å².